The fraction of sp³-hybridized carbons (Fsp3) is 0.900. The van der Waals surface area contributed by atoms with Gasteiger partial charge >= 0.3 is 5.97 Å². The van der Waals surface area contributed by atoms with Gasteiger partial charge in [0.15, 0.2) is 0 Å². The van der Waals surface area contributed by atoms with Crippen molar-refractivity contribution in [2.24, 2.45) is 11.8 Å². The van der Waals surface area contributed by atoms with E-state index in [0.717, 1.165) is 25.7 Å². The Labute approximate surface area is 75.0 Å². The lowest BCUT2D eigenvalue weighted by Crippen LogP contribution is -2.13. The Balaban J connectivity index is 3.65. The molecule has 0 fully saturated rings. The van der Waals surface area contributed by atoms with Crippen molar-refractivity contribution in [3.63, 3.8) is 0 Å². The van der Waals surface area contributed by atoms with Crippen LogP contribution < -0.4 is 0 Å². The zero-order valence-electron chi connectivity index (χ0n) is 8.34. The van der Waals surface area contributed by atoms with Crippen LogP contribution in [0.3, 0.4) is 0 Å². The van der Waals surface area contributed by atoms with Crippen molar-refractivity contribution in [1.29, 1.82) is 0 Å². The molecule has 0 aromatic carbocycles. The smallest absolute Gasteiger partial charge is 0.306 e. The van der Waals surface area contributed by atoms with Crippen LogP contribution in [-0.4, -0.2) is 11.1 Å². The molecule has 2 atom stereocenters. The maximum atomic E-state index is 10.6. The molecule has 0 bridgehead atoms. The van der Waals surface area contributed by atoms with E-state index in [2.05, 4.69) is 13.8 Å². The monoisotopic (exact) mass is 172 g/mol. The molecule has 12 heavy (non-hydrogen) atoms. The van der Waals surface area contributed by atoms with Gasteiger partial charge in [0, 0.05) is 0 Å². The van der Waals surface area contributed by atoms with E-state index in [9.17, 15) is 4.79 Å². The summed E-state index contributed by atoms with van der Waals surface area (Å²) in [5.74, 6) is -0.0989. The lowest BCUT2D eigenvalue weighted by Gasteiger charge is -2.12. The van der Waals surface area contributed by atoms with Gasteiger partial charge in [-0.3, -0.25) is 4.79 Å². The Hall–Kier alpha value is -0.530. The molecule has 0 aliphatic rings. The second-order valence-electron chi connectivity index (χ2n) is 3.53. The van der Waals surface area contributed by atoms with Gasteiger partial charge in [-0.2, -0.15) is 0 Å². The van der Waals surface area contributed by atoms with Crippen LogP contribution in [0.1, 0.15) is 46.5 Å². The van der Waals surface area contributed by atoms with E-state index in [1.807, 2.05) is 6.92 Å². The van der Waals surface area contributed by atoms with Crippen LogP contribution in [0, 0.1) is 11.8 Å². The number of hydrogen-bond acceptors (Lipinski definition) is 1. The van der Waals surface area contributed by atoms with E-state index in [-0.39, 0.29) is 5.92 Å². The minimum Gasteiger partial charge on any atom is -0.481 e. The van der Waals surface area contributed by atoms with E-state index >= 15 is 0 Å². The van der Waals surface area contributed by atoms with Crippen LogP contribution in [0.15, 0.2) is 0 Å². The first kappa shape index (κ1) is 11.5. The highest BCUT2D eigenvalue weighted by Crippen LogP contribution is 2.17. The summed E-state index contributed by atoms with van der Waals surface area (Å²) < 4.78 is 0. The topological polar surface area (TPSA) is 37.3 Å². The van der Waals surface area contributed by atoms with Crippen LogP contribution in [0.5, 0.6) is 0 Å². The van der Waals surface area contributed by atoms with Crippen molar-refractivity contribution in [1.82, 2.24) is 0 Å². The zero-order chi connectivity index (χ0) is 9.56. The highest BCUT2D eigenvalue weighted by molar-refractivity contribution is 5.69. The van der Waals surface area contributed by atoms with Crippen molar-refractivity contribution >= 4 is 5.97 Å². The summed E-state index contributed by atoms with van der Waals surface area (Å²) in [6.45, 7) is 6.26. The summed E-state index contributed by atoms with van der Waals surface area (Å²) in [4.78, 5) is 10.6. The number of hydrogen-bond donors (Lipinski definition) is 1. The van der Waals surface area contributed by atoms with Gasteiger partial charge in [0.1, 0.15) is 0 Å². The number of aliphatic carboxylic acids is 1. The lowest BCUT2D eigenvalue weighted by atomic mass is 9.94. The predicted octanol–water partition coefficient (Wildman–Crippen LogP) is 2.92. The van der Waals surface area contributed by atoms with E-state index in [1.54, 1.807) is 0 Å². The van der Waals surface area contributed by atoms with Gasteiger partial charge in [-0.25, -0.2) is 0 Å². The first-order valence-corrected chi connectivity index (χ1v) is 4.84. The number of carboxylic acid groups (broad SMARTS) is 1. The molecule has 0 aliphatic carbocycles. The van der Waals surface area contributed by atoms with Gasteiger partial charge in [-0.1, -0.05) is 27.2 Å². The first-order chi connectivity index (χ1) is 5.61. The molecular formula is C10H20O2. The van der Waals surface area contributed by atoms with Crippen molar-refractivity contribution in [3.8, 4) is 0 Å². The Bertz CT molecular complexity index is 132. The van der Waals surface area contributed by atoms with E-state index < -0.39 is 5.97 Å². The molecule has 2 heteroatoms. The summed E-state index contributed by atoms with van der Waals surface area (Å²) in [6, 6.07) is 0. The maximum absolute atomic E-state index is 10.6. The molecule has 2 nitrogen and oxygen atoms in total. The summed E-state index contributed by atoms with van der Waals surface area (Å²) in [5.41, 5.74) is 0. The molecule has 0 rings (SSSR count). The van der Waals surface area contributed by atoms with Gasteiger partial charge in [0.25, 0.3) is 0 Å². The van der Waals surface area contributed by atoms with Crippen molar-refractivity contribution in [3.05, 3.63) is 0 Å². The van der Waals surface area contributed by atoms with Crippen LogP contribution >= 0.6 is 0 Å². The largest absolute Gasteiger partial charge is 0.481 e. The Morgan fingerprint density at radius 1 is 1.25 bits per heavy atom. The lowest BCUT2D eigenvalue weighted by molar-refractivity contribution is -0.142. The minimum absolute atomic E-state index is 0.126. The molecule has 0 aromatic heterocycles. The maximum Gasteiger partial charge on any atom is 0.306 e. The van der Waals surface area contributed by atoms with Gasteiger partial charge in [0.2, 0.25) is 0 Å². The fourth-order valence-electron chi connectivity index (χ4n) is 1.19. The van der Waals surface area contributed by atoms with E-state index in [0.29, 0.717) is 5.92 Å². The van der Waals surface area contributed by atoms with Crippen LogP contribution in [0.25, 0.3) is 0 Å². The van der Waals surface area contributed by atoms with Crippen molar-refractivity contribution in [2.45, 2.75) is 46.5 Å². The number of carboxylic acids is 1. The third kappa shape index (κ3) is 4.37. The zero-order valence-corrected chi connectivity index (χ0v) is 8.34. The first-order valence-electron chi connectivity index (χ1n) is 4.84. The molecule has 2 unspecified atom stereocenters. The average molecular weight is 172 g/mol. The highest BCUT2D eigenvalue weighted by Gasteiger charge is 2.15. The second-order valence-corrected chi connectivity index (χ2v) is 3.53. The second kappa shape index (κ2) is 6.04. The highest BCUT2D eigenvalue weighted by atomic mass is 16.4. The molecule has 0 radical (unpaired) electrons. The summed E-state index contributed by atoms with van der Waals surface area (Å²) >= 11 is 0. The Morgan fingerprint density at radius 3 is 2.17 bits per heavy atom. The number of carbonyl (C=O) groups is 1. The molecule has 0 spiro atoms. The van der Waals surface area contributed by atoms with Crippen molar-refractivity contribution in [2.75, 3.05) is 0 Å². The summed E-state index contributed by atoms with van der Waals surface area (Å²) in [7, 11) is 0. The molecule has 0 amide bonds. The SMILES string of the molecule is CCC(C)CCC(CC)C(=O)O. The van der Waals surface area contributed by atoms with Gasteiger partial charge in [-0.15, -0.1) is 0 Å². The average Bonchev–Trinajstić information content (AvgIpc) is 2.04. The van der Waals surface area contributed by atoms with Gasteiger partial charge in [-0.05, 0) is 25.2 Å². The van der Waals surface area contributed by atoms with Crippen molar-refractivity contribution < 1.29 is 9.90 Å². The normalized spacial score (nSPS) is 15.6. The molecule has 0 saturated carbocycles. The molecule has 0 heterocycles. The Morgan fingerprint density at radius 2 is 1.83 bits per heavy atom. The van der Waals surface area contributed by atoms with Crippen LogP contribution in [0.4, 0.5) is 0 Å². The van der Waals surface area contributed by atoms with Gasteiger partial charge < -0.3 is 5.11 Å². The predicted molar refractivity (Wildman–Crippen MR) is 50.1 cm³/mol. The summed E-state index contributed by atoms with van der Waals surface area (Å²) in [5, 5.41) is 8.76. The van der Waals surface area contributed by atoms with Gasteiger partial charge in [0.05, 0.1) is 5.92 Å². The van der Waals surface area contributed by atoms with E-state index in [1.165, 1.54) is 0 Å². The molecule has 0 saturated heterocycles. The van der Waals surface area contributed by atoms with Crippen LogP contribution in [-0.2, 0) is 4.79 Å². The van der Waals surface area contributed by atoms with Crippen LogP contribution in [0.2, 0.25) is 0 Å². The third-order valence-corrected chi connectivity index (χ3v) is 2.55. The minimum atomic E-state index is -0.638. The third-order valence-electron chi connectivity index (χ3n) is 2.55. The molecule has 1 N–H and O–H groups in total. The summed E-state index contributed by atoms with van der Waals surface area (Å²) in [6.07, 6.45) is 3.78. The standard InChI is InChI=1S/C10H20O2/c1-4-8(3)6-7-9(5-2)10(11)12/h8-9H,4-7H2,1-3H3,(H,11,12). The molecule has 72 valence electrons. The molecule has 0 aliphatic heterocycles. The Kier molecular flexibility index (Phi) is 5.77. The fourth-order valence-corrected chi connectivity index (χ4v) is 1.19. The molecular weight excluding hydrogens is 152 g/mol. The quantitative estimate of drug-likeness (QED) is 0.668. The molecule has 0 aromatic rings. The van der Waals surface area contributed by atoms with E-state index in [4.69, 9.17) is 5.11 Å². The number of rotatable bonds is 6.